The molecule has 35 heavy (non-hydrogen) atoms. The van der Waals surface area contributed by atoms with E-state index in [2.05, 4.69) is 57.0 Å². The highest BCUT2D eigenvalue weighted by atomic mass is 32.1. The fourth-order valence-electron chi connectivity index (χ4n) is 4.43. The predicted octanol–water partition coefficient (Wildman–Crippen LogP) is 4.97. The highest BCUT2D eigenvalue weighted by Gasteiger charge is 2.38. The second-order valence-electron chi connectivity index (χ2n) is 9.43. The zero-order valence-corrected chi connectivity index (χ0v) is 21.3. The first-order valence-electron chi connectivity index (χ1n) is 12.2. The van der Waals surface area contributed by atoms with Gasteiger partial charge >= 0.3 is 0 Å². The van der Waals surface area contributed by atoms with Crippen molar-refractivity contribution >= 4 is 28.3 Å². The molecule has 0 spiro atoms. The smallest absolute Gasteiger partial charge is 0.227 e. The standard InChI is InChI=1S/C25H32N6O3S/c1-16(2)18-8-10-19(11-9-18)22-29-30-24(35-22)26-20(33)12-13-21-27-23(31-34-21)25(28-17(3)32)14-6-4-5-7-15-25/h8-11,16H,4-7,12-15H2,1-3H3,(H,28,32)(H,26,30,33). The molecule has 3 aromatic rings. The molecule has 1 aromatic carbocycles. The largest absolute Gasteiger partial charge is 0.343 e. The minimum atomic E-state index is -0.595. The molecule has 0 radical (unpaired) electrons. The van der Waals surface area contributed by atoms with Crippen LogP contribution in [-0.4, -0.2) is 32.2 Å². The van der Waals surface area contributed by atoms with E-state index in [9.17, 15) is 9.59 Å². The molecule has 1 aliphatic rings. The average molecular weight is 497 g/mol. The number of hydrogen-bond donors (Lipinski definition) is 2. The molecule has 4 rings (SSSR count). The number of amides is 2. The van der Waals surface area contributed by atoms with Crippen molar-refractivity contribution in [2.75, 3.05) is 5.32 Å². The van der Waals surface area contributed by atoms with Crippen LogP contribution in [-0.2, 0) is 21.5 Å². The number of aryl methyl sites for hydroxylation is 1. The number of aromatic nitrogens is 4. The number of nitrogens with zero attached hydrogens (tertiary/aromatic N) is 4. The second-order valence-corrected chi connectivity index (χ2v) is 10.4. The van der Waals surface area contributed by atoms with Gasteiger partial charge in [-0.15, -0.1) is 10.2 Å². The number of rotatable bonds is 8. The summed E-state index contributed by atoms with van der Waals surface area (Å²) < 4.78 is 5.44. The first kappa shape index (κ1) is 25.0. The average Bonchev–Trinajstić information content (AvgIpc) is 3.44. The molecular formula is C25H32N6O3S. The molecule has 1 aliphatic carbocycles. The van der Waals surface area contributed by atoms with Crippen LogP contribution in [0.5, 0.6) is 0 Å². The Kier molecular flexibility index (Phi) is 7.90. The third kappa shape index (κ3) is 6.30. The minimum absolute atomic E-state index is 0.107. The SMILES string of the molecule is CC(=O)NC1(c2noc(CCC(=O)Nc3nnc(-c4ccc(C(C)C)cc4)s3)n2)CCCCCC1. The number of hydrogen-bond acceptors (Lipinski definition) is 8. The van der Waals surface area contributed by atoms with Crippen LogP contribution < -0.4 is 10.6 Å². The van der Waals surface area contributed by atoms with Gasteiger partial charge in [-0.05, 0) is 24.3 Å². The van der Waals surface area contributed by atoms with E-state index >= 15 is 0 Å². The van der Waals surface area contributed by atoms with E-state index in [-0.39, 0.29) is 18.2 Å². The minimum Gasteiger partial charge on any atom is -0.343 e. The van der Waals surface area contributed by atoms with Crippen molar-refractivity contribution in [2.24, 2.45) is 0 Å². The highest BCUT2D eigenvalue weighted by Crippen LogP contribution is 2.34. The number of anilines is 1. The predicted molar refractivity (Wildman–Crippen MR) is 134 cm³/mol. The molecule has 10 heteroatoms. The first-order valence-corrected chi connectivity index (χ1v) is 13.0. The summed E-state index contributed by atoms with van der Waals surface area (Å²) >= 11 is 1.33. The molecule has 1 fully saturated rings. The summed E-state index contributed by atoms with van der Waals surface area (Å²) in [5, 5.41) is 19.6. The van der Waals surface area contributed by atoms with Gasteiger partial charge in [-0.3, -0.25) is 9.59 Å². The Morgan fingerprint density at radius 3 is 2.46 bits per heavy atom. The van der Waals surface area contributed by atoms with Gasteiger partial charge in [0, 0.05) is 25.3 Å². The van der Waals surface area contributed by atoms with E-state index in [1.165, 1.54) is 23.8 Å². The highest BCUT2D eigenvalue weighted by molar-refractivity contribution is 7.18. The van der Waals surface area contributed by atoms with E-state index in [1.54, 1.807) is 0 Å². The summed E-state index contributed by atoms with van der Waals surface area (Å²) in [7, 11) is 0. The molecule has 186 valence electrons. The molecule has 0 unspecified atom stereocenters. The zero-order chi connectivity index (χ0) is 24.8. The van der Waals surface area contributed by atoms with Crippen LogP contribution in [0.15, 0.2) is 28.8 Å². The molecule has 0 atom stereocenters. The lowest BCUT2D eigenvalue weighted by Gasteiger charge is -2.30. The molecule has 2 amide bonds. The number of carbonyl (C=O) groups excluding carboxylic acids is 2. The normalized spacial score (nSPS) is 15.5. The fraction of sp³-hybridized carbons (Fsp3) is 0.520. The van der Waals surface area contributed by atoms with E-state index in [0.29, 0.717) is 29.2 Å². The van der Waals surface area contributed by atoms with Gasteiger partial charge in [0.1, 0.15) is 10.5 Å². The summed E-state index contributed by atoms with van der Waals surface area (Å²) in [5.41, 5.74) is 1.64. The van der Waals surface area contributed by atoms with Gasteiger partial charge in [-0.1, -0.05) is 80.3 Å². The van der Waals surface area contributed by atoms with Crippen molar-refractivity contribution < 1.29 is 14.1 Å². The summed E-state index contributed by atoms with van der Waals surface area (Å²) in [4.78, 5) is 28.9. The van der Waals surface area contributed by atoms with Crippen molar-refractivity contribution in [2.45, 2.75) is 83.6 Å². The van der Waals surface area contributed by atoms with Crippen molar-refractivity contribution in [1.82, 2.24) is 25.7 Å². The van der Waals surface area contributed by atoms with Crippen LogP contribution in [0.3, 0.4) is 0 Å². The van der Waals surface area contributed by atoms with Gasteiger partial charge in [0.2, 0.25) is 22.8 Å². The maximum absolute atomic E-state index is 12.5. The lowest BCUT2D eigenvalue weighted by molar-refractivity contribution is -0.121. The van der Waals surface area contributed by atoms with Gasteiger partial charge in [0.25, 0.3) is 0 Å². The van der Waals surface area contributed by atoms with Crippen LogP contribution in [0, 0.1) is 0 Å². The topological polar surface area (TPSA) is 123 Å². The van der Waals surface area contributed by atoms with Crippen molar-refractivity contribution in [3.8, 4) is 10.6 Å². The molecule has 2 N–H and O–H groups in total. The Morgan fingerprint density at radius 2 is 1.80 bits per heavy atom. The van der Waals surface area contributed by atoms with Gasteiger partial charge in [-0.2, -0.15) is 4.98 Å². The first-order chi connectivity index (χ1) is 16.8. The van der Waals surface area contributed by atoms with Gasteiger partial charge in [-0.25, -0.2) is 0 Å². The van der Waals surface area contributed by atoms with Gasteiger partial charge in [0.15, 0.2) is 5.82 Å². The van der Waals surface area contributed by atoms with Gasteiger partial charge < -0.3 is 15.2 Å². The van der Waals surface area contributed by atoms with E-state index in [1.807, 2.05) is 12.1 Å². The Labute approximate surface area is 209 Å². The van der Waals surface area contributed by atoms with E-state index < -0.39 is 5.54 Å². The summed E-state index contributed by atoms with van der Waals surface area (Å²) in [6.45, 7) is 5.82. The van der Waals surface area contributed by atoms with Crippen molar-refractivity contribution in [3.63, 3.8) is 0 Å². The lowest BCUT2D eigenvalue weighted by atomic mass is 9.89. The third-order valence-corrected chi connectivity index (χ3v) is 7.22. The van der Waals surface area contributed by atoms with Crippen LogP contribution >= 0.6 is 11.3 Å². The molecule has 1 saturated carbocycles. The summed E-state index contributed by atoms with van der Waals surface area (Å²) in [6.07, 6.45) is 6.30. The second kappa shape index (κ2) is 11.1. The van der Waals surface area contributed by atoms with E-state index in [4.69, 9.17) is 4.52 Å². The zero-order valence-electron chi connectivity index (χ0n) is 20.5. The molecule has 0 bridgehead atoms. The van der Waals surface area contributed by atoms with Crippen LogP contribution in [0.25, 0.3) is 10.6 Å². The van der Waals surface area contributed by atoms with E-state index in [0.717, 1.165) is 49.1 Å². The quantitative estimate of drug-likeness (QED) is 0.422. The molecule has 2 aromatic heterocycles. The number of nitrogens with one attached hydrogen (secondary N) is 2. The molecule has 0 aliphatic heterocycles. The molecular weight excluding hydrogens is 464 g/mol. The van der Waals surface area contributed by atoms with Crippen LogP contribution in [0.4, 0.5) is 5.13 Å². The van der Waals surface area contributed by atoms with Crippen LogP contribution in [0.2, 0.25) is 0 Å². The van der Waals surface area contributed by atoms with Gasteiger partial charge in [0.05, 0.1) is 0 Å². The molecule has 9 nitrogen and oxygen atoms in total. The monoisotopic (exact) mass is 496 g/mol. The molecule has 2 heterocycles. The summed E-state index contributed by atoms with van der Waals surface area (Å²) in [6, 6.07) is 8.22. The Balaban J connectivity index is 1.34. The Bertz CT molecular complexity index is 1150. The lowest BCUT2D eigenvalue weighted by Crippen LogP contribution is -2.45. The maximum atomic E-state index is 12.5. The number of carbonyl (C=O) groups is 2. The Hall–Kier alpha value is -3.14. The molecule has 0 saturated heterocycles. The van der Waals surface area contributed by atoms with Crippen LogP contribution in [0.1, 0.15) is 88.9 Å². The van der Waals surface area contributed by atoms with Crippen molar-refractivity contribution in [3.05, 3.63) is 41.5 Å². The maximum Gasteiger partial charge on any atom is 0.227 e. The Morgan fingerprint density at radius 1 is 1.09 bits per heavy atom. The summed E-state index contributed by atoms with van der Waals surface area (Å²) in [5.74, 6) is 1.04. The number of benzene rings is 1. The van der Waals surface area contributed by atoms with Crippen molar-refractivity contribution in [1.29, 1.82) is 0 Å². The fourth-order valence-corrected chi connectivity index (χ4v) is 5.19. The third-order valence-electron chi connectivity index (χ3n) is 6.33.